The highest BCUT2D eigenvalue weighted by atomic mass is 19.4. The monoisotopic (exact) mass is 512 g/mol. The molecule has 0 unspecified atom stereocenters. The number of methoxy groups -OCH3 is 1. The first-order valence-electron chi connectivity index (χ1n) is 12.0. The van der Waals surface area contributed by atoms with Crippen LogP contribution in [0.25, 0.3) is 0 Å². The minimum absolute atomic E-state index is 0.0144. The van der Waals surface area contributed by atoms with E-state index in [9.17, 15) is 18.0 Å². The number of ether oxygens (including phenoxy) is 1. The Balaban J connectivity index is 1.14. The van der Waals surface area contributed by atoms with Gasteiger partial charge in [0.25, 0.3) is 0 Å². The van der Waals surface area contributed by atoms with Crippen LogP contribution in [0.3, 0.4) is 0 Å². The van der Waals surface area contributed by atoms with Gasteiger partial charge in [0, 0.05) is 61.7 Å². The van der Waals surface area contributed by atoms with Gasteiger partial charge in [-0.3, -0.25) is 9.78 Å². The van der Waals surface area contributed by atoms with Crippen LogP contribution in [0.15, 0.2) is 42.6 Å². The molecular formula is C26H27F3N6O2. The van der Waals surface area contributed by atoms with Gasteiger partial charge >= 0.3 is 6.18 Å². The maximum absolute atomic E-state index is 13.0. The Morgan fingerprint density at radius 2 is 1.89 bits per heavy atom. The normalized spacial score (nSPS) is 15.4. The molecule has 1 N–H and O–H groups in total. The Bertz CT molecular complexity index is 1290. The maximum atomic E-state index is 13.0. The number of rotatable bonds is 7. The molecule has 0 bridgehead atoms. The number of nitrogens with zero attached hydrogens (tertiary/aromatic N) is 5. The minimum Gasteiger partial charge on any atom is -0.497 e. The third-order valence-electron chi connectivity index (χ3n) is 6.77. The summed E-state index contributed by atoms with van der Waals surface area (Å²) >= 11 is 0. The number of nitrogens with one attached hydrogen (secondary N) is 1. The molecule has 37 heavy (non-hydrogen) atoms. The fourth-order valence-electron chi connectivity index (χ4n) is 4.66. The van der Waals surface area contributed by atoms with E-state index < -0.39 is 11.9 Å². The SMILES string of the molecule is COc1ccc(CNc2nc(C)c3c(n2)CN(C(=O)CC2CN(c4ccnc(C(F)(F)F)c4)C2)C3)cc1. The van der Waals surface area contributed by atoms with Crippen LogP contribution >= 0.6 is 0 Å². The van der Waals surface area contributed by atoms with Crippen molar-refractivity contribution in [2.24, 2.45) is 5.92 Å². The summed E-state index contributed by atoms with van der Waals surface area (Å²) in [6.45, 7) is 4.43. The number of alkyl halides is 3. The first-order chi connectivity index (χ1) is 17.7. The van der Waals surface area contributed by atoms with Crippen LogP contribution in [0.4, 0.5) is 24.8 Å². The van der Waals surface area contributed by atoms with Gasteiger partial charge in [0.05, 0.1) is 19.3 Å². The smallest absolute Gasteiger partial charge is 0.433 e. The van der Waals surface area contributed by atoms with E-state index in [-0.39, 0.29) is 11.8 Å². The van der Waals surface area contributed by atoms with Crippen LogP contribution in [0, 0.1) is 12.8 Å². The van der Waals surface area contributed by atoms with E-state index in [1.165, 1.54) is 6.20 Å². The summed E-state index contributed by atoms with van der Waals surface area (Å²) in [5, 5.41) is 3.25. The van der Waals surface area contributed by atoms with Crippen molar-refractivity contribution in [3.05, 3.63) is 70.8 Å². The lowest BCUT2D eigenvalue weighted by atomic mass is 9.95. The number of fused-ring (bicyclic) bond motifs is 1. The Morgan fingerprint density at radius 1 is 1.14 bits per heavy atom. The van der Waals surface area contributed by atoms with Gasteiger partial charge < -0.3 is 19.9 Å². The van der Waals surface area contributed by atoms with Crippen molar-refractivity contribution in [1.29, 1.82) is 0 Å². The number of amides is 1. The number of aryl methyl sites for hydroxylation is 1. The van der Waals surface area contributed by atoms with Crippen LogP contribution in [-0.2, 0) is 30.6 Å². The number of pyridine rings is 1. The Kier molecular flexibility index (Phi) is 6.61. The molecule has 5 rings (SSSR count). The van der Waals surface area contributed by atoms with Crippen molar-refractivity contribution in [3.8, 4) is 5.75 Å². The highest BCUT2D eigenvalue weighted by Crippen LogP contribution is 2.33. The van der Waals surface area contributed by atoms with E-state index in [2.05, 4.69) is 20.3 Å². The van der Waals surface area contributed by atoms with Crippen LogP contribution in [-0.4, -0.2) is 46.0 Å². The van der Waals surface area contributed by atoms with E-state index in [0.29, 0.717) is 50.8 Å². The molecule has 8 nitrogen and oxygen atoms in total. The fourth-order valence-corrected chi connectivity index (χ4v) is 4.66. The van der Waals surface area contributed by atoms with Crippen molar-refractivity contribution in [2.75, 3.05) is 30.4 Å². The van der Waals surface area contributed by atoms with Gasteiger partial charge in [0.1, 0.15) is 11.4 Å². The van der Waals surface area contributed by atoms with E-state index in [1.807, 2.05) is 36.1 Å². The summed E-state index contributed by atoms with van der Waals surface area (Å²) in [5.41, 5.74) is 3.27. The molecule has 0 atom stereocenters. The first kappa shape index (κ1) is 24.8. The zero-order chi connectivity index (χ0) is 26.2. The van der Waals surface area contributed by atoms with E-state index in [0.717, 1.165) is 34.3 Å². The molecule has 0 saturated carbocycles. The fraction of sp³-hybridized carbons (Fsp3) is 0.385. The lowest BCUT2D eigenvalue weighted by molar-refractivity contribution is -0.141. The molecule has 1 aromatic carbocycles. The molecule has 0 radical (unpaired) electrons. The van der Waals surface area contributed by atoms with Crippen molar-refractivity contribution in [2.45, 2.75) is 39.2 Å². The predicted molar refractivity (Wildman–Crippen MR) is 131 cm³/mol. The molecule has 2 aliphatic rings. The third-order valence-corrected chi connectivity index (χ3v) is 6.77. The number of hydrogen-bond acceptors (Lipinski definition) is 7. The van der Waals surface area contributed by atoms with Crippen LogP contribution in [0.5, 0.6) is 5.75 Å². The summed E-state index contributed by atoms with van der Waals surface area (Å²) in [6, 6.07) is 10.3. The second-order valence-corrected chi connectivity index (χ2v) is 9.38. The molecule has 1 saturated heterocycles. The van der Waals surface area contributed by atoms with E-state index >= 15 is 0 Å². The zero-order valence-electron chi connectivity index (χ0n) is 20.5. The number of carbonyl (C=O) groups excluding carboxylic acids is 1. The summed E-state index contributed by atoms with van der Waals surface area (Å²) in [7, 11) is 1.63. The molecule has 2 aromatic heterocycles. The predicted octanol–water partition coefficient (Wildman–Crippen LogP) is 4.19. The van der Waals surface area contributed by atoms with Gasteiger partial charge in [0.15, 0.2) is 0 Å². The van der Waals surface area contributed by atoms with Gasteiger partial charge in [0.2, 0.25) is 11.9 Å². The second-order valence-electron chi connectivity index (χ2n) is 9.38. The van der Waals surface area contributed by atoms with Crippen LogP contribution in [0.1, 0.15) is 34.6 Å². The van der Waals surface area contributed by atoms with Gasteiger partial charge in [-0.15, -0.1) is 0 Å². The van der Waals surface area contributed by atoms with Crippen molar-refractivity contribution in [1.82, 2.24) is 19.9 Å². The number of benzene rings is 1. The molecule has 4 heterocycles. The largest absolute Gasteiger partial charge is 0.497 e. The molecule has 3 aromatic rings. The molecule has 0 spiro atoms. The van der Waals surface area contributed by atoms with Crippen LogP contribution in [0.2, 0.25) is 0 Å². The third kappa shape index (κ3) is 5.45. The topological polar surface area (TPSA) is 83.5 Å². The Hall–Kier alpha value is -3.89. The average molecular weight is 513 g/mol. The van der Waals surface area contributed by atoms with Crippen molar-refractivity contribution in [3.63, 3.8) is 0 Å². The number of halogens is 3. The van der Waals surface area contributed by atoms with Gasteiger partial charge in [-0.05, 0) is 36.8 Å². The molecular weight excluding hydrogens is 485 g/mol. The second kappa shape index (κ2) is 9.87. The summed E-state index contributed by atoms with van der Waals surface area (Å²) < 4.78 is 44.0. The van der Waals surface area contributed by atoms with E-state index in [1.54, 1.807) is 18.1 Å². The molecule has 0 aliphatic carbocycles. The molecule has 11 heteroatoms. The zero-order valence-corrected chi connectivity index (χ0v) is 20.5. The standard InChI is InChI=1S/C26H27F3N6O2/c1-16-21-14-35(15-22(21)33-25(32-16)31-11-17-3-5-20(37-2)6-4-17)24(36)9-18-12-34(13-18)19-7-8-30-23(10-19)26(27,28)29/h3-8,10,18H,9,11-15H2,1-2H3,(H,31,32,33). The van der Waals surface area contributed by atoms with Crippen molar-refractivity contribution >= 4 is 17.5 Å². The van der Waals surface area contributed by atoms with Gasteiger partial charge in [-0.25, -0.2) is 9.97 Å². The van der Waals surface area contributed by atoms with Crippen LogP contribution < -0.4 is 15.0 Å². The summed E-state index contributed by atoms with van der Waals surface area (Å²) in [4.78, 5) is 29.2. The molecule has 1 fully saturated rings. The van der Waals surface area contributed by atoms with Gasteiger partial charge in [-0.2, -0.15) is 13.2 Å². The lowest BCUT2D eigenvalue weighted by Crippen LogP contribution is -2.48. The number of aromatic nitrogens is 3. The quantitative estimate of drug-likeness (QED) is 0.508. The maximum Gasteiger partial charge on any atom is 0.433 e. The molecule has 194 valence electrons. The minimum atomic E-state index is -4.48. The molecule has 1 amide bonds. The molecule has 2 aliphatic heterocycles. The number of hydrogen-bond donors (Lipinski definition) is 1. The highest BCUT2D eigenvalue weighted by molar-refractivity contribution is 5.77. The summed E-state index contributed by atoms with van der Waals surface area (Å²) in [5.74, 6) is 1.42. The highest BCUT2D eigenvalue weighted by Gasteiger charge is 2.36. The Morgan fingerprint density at radius 3 is 2.59 bits per heavy atom. The lowest BCUT2D eigenvalue weighted by Gasteiger charge is -2.41. The average Bonchev–Trinajstić information content (AvgIpc) is 3.29. The first-order valence-corrected chi connectivity index (χ1v) is 12.0. The number of carbonyl (C=O) groups is 1. The summed E-state index contributed by atoms with van der Waals surface area (Å²) in [6.07, 6.45) is -2.97. The van der Waals surface area contributed by atoms with Crippen molar-refractivity contribution < 1.29 is 22.7 Å². The van der Waals surface area contributed by atoms with Gasteiger partial charge in [-0.1, -0.05) is 12.1 Å². The number of anilines is 2. The van der Waals surface area contributed by atoms with E-state index in [4.69, 9.17) is 4.74 Å². The Labute approximate surface area is 212 Å².